The number of piperidine rings is 1. The number of nitrogens with zero attached hydrogens (tertiary/aromatic N) is 2. The van der Waals surface area contributed by atoms with E-state index < -0.39 is 5.54 Å². The van der Waals surface area contributed by atoms with E-state index in [1.807, 2.05) is 6.07 Å². The molecule has 0 atom stereocenters. The molecular weight excluding hydrogens is 313 g/mol. The Morgan fingerprint density at radius 1 is 1.12 bits per heavy atom. The molecule has 2 aromatic rings. The van der Waals surface area contributed by atoms with E-state index in [0.29, 0.717) is 11.1 Å². The van der Waals surface area contributed by atoms with E-state index in [1.54, 1.807) is 26.0 Å². The average molecular weight is 337 g/mol. The Kier molecular flexibility index (Phi) is 5.06. The van der Waals surface area contributed by atoms with Crippen molar-refractivity contribution in [2.24, 2.45) is 0 Å². The molecule has 0 amide bonds. The number of anilines is 1. The fourth-order valence-electron chi connectivity index (χ4n) is 3.49. The molecule has 3 nitrogen and oxygen atoms in total. The summed E-state index contributed by atoms with van der Waals surface area (Å²) in [5.74, 6) is -0.172. The first-order chi connectivity index (χ1) is 12.0. The Morgan fingerprint density at radius 3 is 2.28 bits per heavy atom. The van der Waals surface area contributed by atoms with Crippen LogP contribution in [-0.4, -0.2) is 23.5 Å². The SMILES string of the molecule is Cc1cc(NC2(C#N)CCN(Cc3ccccc3)CC2)cc(C)c1F. The van der Waals surface area contributed by atoms with Gasteiger partial charge in [-0.1, -0.05) is 30.3 Å². The molecule has 4 heteroatoms. The molecule has 0 saturated carbocycles. The minimum absolute atomic E-state index is 0.172. The summed E-state index contributed by atoms with van der Waals surface area (Å²) < 4.78 is 13.8. The molecule has 1 fully saturated rings. The van der Waals surface area contributed by atoms with Gasteiger partial charge in [0.05, 0.1) is 6.07 Å². The van der Waals surface area contributed by atoms with Crippen LogP contribution in [0.2, 0.25) is 0 Å². The number of nitriles is 1. The van der Waals surface area contributed by atoms with Crippen molar-refractivity contribution in [3.63, 3.8) is 0 Å². The summed E-state index contributed by atoms with van der Waals surface area (Å²) in [7, 11) is 0. The normalized spacial score (nSPS) is 17.0. The van der Waals surface area contributed by atoms with Crippen LogP contribution in [0.3, 0.4) is 0 Å². The number of halogens is 1. The molecule has 1 aliphatic heterocycles. The van der Waals surface area contributed by atoms with Crippen molar-refractivity contribution in [1.29, 1.82) is 5.26 Å². The molecule has 1 saturated heterocycles. The predicted molar refractivity (Wildman–Crippen MR) is 98.8 cm³/mol. The highest BCUT2D eigenvalue weighted by molar-refractivity contribution is 5.52. The molecule has 0 aliphatic carbocycles. The zero-order valence-corrected chi connectivity index (χ0v) is 14.8. The Hall–Kier alpha value is -2.38. The molecule has 25 heavy (non-hydrogen) atoms. The third-order valence-electron chi connectivity index (χ3n) is 4.99. The molecule has 2 aromatic carbocycles. The quantitative estimate of drug-likeness (QED) is 0.898. The molecule has 130 valence electrons. The van der Waals surface area contributed by atoms with Crippen LogP contribution in [0.4, 0.5) is 10.1 Å². The van der Waals surface area contributed by atoms with Gasteiger partial charge >= 0.3 is 0 Å². The monoisotopic (exact) mass is 337 g/mol. The van der Waals surface area contributed by atoms with Crippen LogP contribution >= 0.6 is 0 Å². The minimum atomic E-state index is -0.579. The lowest BCUT2D eigenvalue weighted by molar-refractivity contribution is 0.189. The summed E-state index contributed by atoms with van der Waals surface area (Å²) in [5.41, 5.74) is 2.76. The maximum absolute atomic E-state index is 13.8. The maximum atomic E-state index is 13.8. The summed E-state index contributed by atoms with van der Waals surface area (Å²) in [5, 5.41) is 13.1. The Morgan fingerprint density at radius 2 is 1.72 bits per heavy atom. The highest BCUT2D eigenvalue weighted by Crippen LogP contribution is 2.29. The second kappa shape index (κ2) is 7.25. The molecule has 1 N–H and O–H groups in total. The van der Waals surface area contributed by atoms with Crippen LogP contribution < -0.4 is 5.32 Å². The van der Waals surface area contributed by atoms with E-state index in [4.69, 9.17) is 0 Å². The average Bonchev–Trinajstić information content (AvgIpc) is 2.62. The lowest BCUT2D eigenvalue weighted by atomic mass is 9.88. The minimum Gasteiger partial charge on any atom is -0.367 e. The first kappa shape index (κ1) is 17.4. The zero-order valence-electron chi connectivity index (χ0n) is 14.8. The molecule has 0 unspecified atom stereocenters. The van der Waals surface area contributed by atoms with E-state index in [1.165, 1.54) is 5.56 Å². The Labute approximate surface area is 149 Å². The van der Waals surface area contributed by atoms with Crippen molar-refractivity contribution >= 4 is 5.69 Å². The number of nitrogens with one attached hydrogen (secondary N) is 1. The van der Waals surface area contributed by atoms with E-state index in [9.17, 15) is 9.65 Å². The molecule has 0 radical (unpaired) electrons. The fraction of sp³-hybridized carbons (Fsp3) is 0.381. The van der Waals surface area contributed by atoms with Gasteiger partial charge in [-0.3, -0.25) is 4.90 Å². The molecule has 0 bridgehead atoms. The van der Waals surface area contributed by atoms with E-state index in [-0.39, 0.29) is 5.82 Å². The maximum Gasteiger partial charge on any atom is 0.129 e. The highest BCUT2D eigenvalue weighted by atomic mass is 19.1. The van der Waals surface area contributed by atoms with E-state index in [0.717, 1.165) is 38.2 Å². The molecule has 1 heterocycles. The first-order valence-electron chi connectivity index (χ1n) is 8.74. The topological polar surface area (TPSA) is 39.1 Å². The van der Waals surface area contributed by atoms with Gasteiger partial charge in [-0.05, 0) is 55.5 Å². The van der Waals surface area contributed by atoms with Crippen LogP contribution in [0.15, 0.2) is 42.5 Å². The lowest BCUT2D eigenvalue weighted by Gasteiger charge is -2.38. The number of hydrogen-bond acceptors (Lipinski definition) is 3. The van der Waals surface area contributed by atoms with Crippen LogP contribution in [-0.2, 0) is 6.54 Å². The molecule has 0 aromatic heterocycles. The summed E-state index contributed by atoms with van der Waals surface area (Å²) in [6.45, 7) is 6.17. The smallest absolute Gasteiger partial charge is 0.129 e. The molecule has 0 spiro atoms. The predicted octanol–water partition coefficient (Wildman–Crippen LogP) is 4.41. The first-order valence-corrected chi connectivity index (χ1v) is 8.74. The zero-order chi connectivity index (χ0) is 17.9. The number of likely N-dealkylation sites (tertiary alicyclic amines) is 1. The van der Waals surface area contributed by atoms with Gasteiger partial charge < -0.3 is 5.32 Å². The second-order valence-corrected chi connectivity index (χ2v) is 7.00. The summed E-state index contributed by atoms with van der Waals surface area (Å²) in [6, 6.07) is 16.5. The number of hydrogen-bond donors (Lipinski definition) is 1. The van der Waals surface area contributed by atoms with Gasteiger partial charge in [0.25, 0.3) is 0 Å². The fourth-order valence-corrected chi connectivity index (χ4v) is 3.49. The summed E-state index contributed by atoms with van der Waals surface area (Å²) in [4.78, 5) is 2.38. The lowest BCUT2D eigenvalue weighted by Crippen LogP contribution is -2.48. The van der Waals surface area contributed by atoms with Gasteiger partial charge in [-0.2, -0.15) is 5.26 Å². The van der Waals surface area contributed by atoms with Gasteiger partial charge in [0.15, 0.2) is 0 Å². The van der Waals surface area contributed by atoms with Gasteiger partial charge in [0.1, 0.15) is 11.4 Å². The third kappa shape index (κ3) is 4.00. The standard InChI is InChI=1S/C21H24FN3/c1-16-12-19(13-17(2)20(16)22)24-21(15-23)8-10-25(11-9-21)14-18-6-4-3-5-7-18/h3-7,12-13,24H,8-11,14H2,1-2H3. The largest absolute Gasteiger partial charge is 0.367 e. The van der Waals surface area contributed by atoms with Crippen LogP contribution in [0.1, 0.15) is 29.5 Å². The third-order valence-corrected chi connectivity index (χ3v) is 4.99. The molecule has 1 aliphatic rings. The Balaban J connectivity index is 1.66. The second-order valence-electron chi connectivity index (χ2n) is 7.00. The van der Waals surface area contributed by atoms with Crippen LogP contribution in [0.25, 0.3) is 0 Å². The number of rotatable bonds is 4. The van der Waals surface area contributed by atoms with E-state index in [2.05, 4.69) is 40.6 Å². The van der Waals surface area contributed by atoms with Gasteiger partial charge in [0, 0.05) is 25.3 Å². The van der Waals surface area contributed by atoms with Crippen molar-refractivity contribution < 1.29 is 4.39 Å². The van der Waals surface area contributed by atoms with Crippen molar-refractivity contribution in [2.75, 3.05) is 18.4 Å². The van der Waals surface area contributed by atoms with Gasteiger partial charge in [0.2, 0.25) is 0 Å². The summed E-state index contributed by atoms with van der Waals surface area (Å²) >= 11 is 0. The van der Waals surface area contributed by atoms with Crippen molar-refractivity contribution in [3.8, 4) is 6.07 Å². The van der Waals surface area contributed by atoms with Gasteiger partial charge in [-0.25, -0.2) is 4.39 Å². The molecule has 3 rings (SSSR count). The van der Waals surface area contributed by atoms with Crippen LogP contribution in [0.5, 0.6) is 0 Å². The van der Waals surface area contributed by atoms with Gasteiger partial charge in [-0.15, -0.1) is 0 Å². The number of aryl methyl sites for hydroxylation is 2. The highest BCUT2D eigenvalue weighted by Gasteiger charge is 2.34. The summed E-state index contributed by atoms with van der Waals surface area (Å²) in [6.07, 6.45) is 1.51. The van der Waals surface area contributed by atoms with Crippen LogP contribution in [0, 0.1) is 31.0 Å². The van der Waals surface area contributed by atoms with Crippen molar-refractivity contribution in [3.05, 3.63) is 65.0 Å². The Bertz CT molecular complexity index is 748. The van der Waals surface area contributed by atoms with Crippen molar-refractivity contribution in [1.82, 2.24) is 4.90 Å². The van der Waals surface area contributed by atoms with E-state index >= 15 is 0 Å². The molecular formula is C21H24FN3. The van der Waals surface area contributed by atoms with Crippen molar-refractivity contribution in [2.45, 2.75) is 38.8 Å². The number of benzene rings is 2.